The molecule has 0 unspecified atom stereocenters. The summed E-state index contributed by atoms with van der Waals surface area (Å²) in [6, 6.07) is 13.1. The molecule has 0 bridgehead atoms. The van der Waals surface area contributed by atoms with Gasteiger partial charge in [-0.2, -0.15) is 0 Å². The zero-order chi connectivity index (χ0) is 20.5. The van der Waals surface area contributed by atoms with E-state index < -0.39 is 11.7 Å². The van der Waals surface area contributed by atoms with E-state index in [1.54, 1.807) is 42.5 Å². The van der Waals surface area contributed by atoms with Crippen LogP contribution in [0.3, 0.4) is 0 Å². The third kappa shape index (κ3) is 3.79. The third-order valence-electron chi connectivity index (χ3n) is 5.66. The lowest BCUT2D eigenvalue weighted by Gasteiger charge is -2.32. The van der Waals surface area contributed by atoms with Crippen LogP contribution in [-0.4, -0.2) is 34.7 Å². The Morgan fingerprint density at radius 1 is 1.00 bits per heavy atom. The highest BCUT2D eigenvalue weighted by molar-refractivity contribution is 6.35. The average molecular weight is 413 g/mol. The highest BCUT2D eigenvalue weighted by Crippen LogP contribution is 2.35. The van der Waals surface area contributed by atoms with Crippen LogP contribution in [0.15, 0.2) is 54.2 Å². The monoisotopic (exact) mass is 412 g/mol. The maximum absolute atomic E-state index is 14.2. The van der Waals surface area contributed by atoms with Gasteiger partial charge in [0.1, 0.15) is 11.5 Å². The Balaban J connectivity index is 1.73. The van der Waals surface area contributed by atoms with Gasteiger partial charge >= 0.3 is 0 Å². The second kappa shape index (κ2) is 7.99. The SMILES string of the molecule is CC1CCN(C2=C(c3ccc(Cl)cc3)C(=O)N(Cc3ccccc3F)C2=O)CC1. The summed E-state index contributed by atoms with van der Waals surface area (Å²) in [5, 5.41) is 0.558. The van der Waals surface area contributed by atoms with Gasteiger partial charge < -0.3 is 4.90 Å². The van der Waals surface area contributed by atoms with Gasteiger partial charge in [0.2, 0.25) is 0 Å². The Morgan fingerprint density at radius 3 is 2.31 bits per heavy atom. The van der Waals surface area contributed by atoms with Crippen LogP contribution < -0.4 is 0 Å². The van der Waals surface area contributed by atoms with Crippen LogP contribution in [-0.2, 0) is 16.1 Å². The fraction of sp³-hybridized carbons (Fsp3) is 0.304. The first kappa shape index (κ1) is 19.6. The number of nitrogens with zero attached hydrogens (tertiary/aromatic N) is 2. The first-order valence-corrected chi connectivity index (χ1v) is 10.2. The number of imide groups is 1. The Morgan fingerprint density at radius 2 is 1.66 bits per heavy atom. The molecule has 4 nitrogen and oxygen atoms in total. The van der Waals surface area contributed by atoms with E-state index in [1.807, 2.05) is 4.90 Å². The lowest BCUT2D eigenvalue weighted by molar-refractivity contribution is -0.138. The van der Waals surface area contributed by atoms with Crippen molar-refractivity contribution in [3.8, 4) is 0 Å². The number of benzene rings is 2. The van der Waals surface area contributed by atoms with Crippen molar-refractivity contribution in [1.82, 2.24) is 9.80 Å². The van der Waals surface area contributed by atoms with Gasteiger partial charge in [-0.05, 0) is 42.5 Å². The molecular formula is C23H22ClFN2O2. The summed E-state index contributed by atoms with van der Waals surface area (Å²) in [5.41, 5.74) is 1.76. The van der Waals surface area contributed by atoms with Crippen molar-refractivity contribution in [2.45, 2.75) is 26.3 Å². The van der Waals surface area contributed by atoms with Crippen molar-refractivity contribution >= 4 is 29.0 Å². The third-order valence-corrected chi connectivity index (χ3v) is 5.91. The van der Waals surface area contributed by atoms with Gasteiger partial charge in [0.05, 0.1) is 12.1 Å². The maximum Gasteiger partial charge on any atom is 0.278 e. The number of carbonyl (C=O) groups excluding carboxylic acids is 2. The Bertz CT molecular complexity index is 979. The minimum Gasteiger partial charge on any atom is -0.366 e. The molecule has 0 N–H and O–H groups in total. The zero-order valence-electron chi connectivity index (χ0n) is 16.2. The fourth-order valence-electron chi connectivity index (χ4n) is 3.91. The molecule has 4 rings (SSSR count). The van der Waals surface area contributed by atoms with Crippen LogP contribution in [0.5, 0.6) is 0 Å². The second-order valence-corrected chi connectivity index (χ2v) is 8.12. The molecule has 0 aromatic heterocycles. The van der Waals surface area contributed by atoms with Crippen molar-refractivity contribution in [3.05, 3.63) is 76.2 Å². The minimum absolute atomic E-state index is 0.0881. The van der Waals surface area contributed by atoms with E-state index in [0.717, 1.165) is 30.8 Å². The summed E-state index contributed by atoms with van der Waals surface area (Å²) in [6.07, 6.45) is 1.93. The zero-order valence-corrected chi connectivity index (χ0v) is 17.0. The van der Waals surface area contributed by atoms with Crippen molar-refractivity contribution in [3.63, 3.8) is 0 Å². The number of rotatable bonds is 4. The van der Waals surface area contributed by atoms with Gasteiger partial charge in [-0.25, -0.2) is 4.39 Å². The standard InChI is InChI=1S/C23H22ClFN2O2/c1-15-10-12-26(13-11-15)21-20(16-6-8-18(24)9-7-16)22(28)27(23(21)29)14-17-4-2-3-5-19(17)25/h2-9,15H,10-14H2,1H3. The molecule has 0 atom stereocenters. The van der Waals surface area contributed by atoms with E-state index in [9.17, 15) is 14.0 Å². The maximum atomic E-state index is 14.2. The van der Waals surface area contributed by atoms with E-state index in [-0.39, 0.29) is 12.5 Å². The lowest BCUT2D eigenvalue weighted by atomic mass is 9.97. The largest absolute Gasteiger partial charge is 0.366 e. The normalized spacial score (nSPS) is 18.2. The second-order valence-electron chi connectivity index (χ2n) is 7.69. The molecule has 2 aliphatic heterocycles. The van der Waals surface area contributed by atoms with E-state index in [4.69, 9.17) is 11.6 Å². The van der Waals surface area contributed by atoms with Gasteiger partial charge in [-0.15, -0.1) is 0 Å². The van der Waals surface area contributed by atoms with Crippen molar-refractivity contribution in [2.75, 3.05) is 13.1 Å². The minimum atomic E-state index is -0.429. The number of hydrogen-bond donors (Lipinski definition) is 0. The predicted molar refractivity (Wildman–Crippen MR) is 110 cm³/mol. The molecule has 2 heterocycles. The average Bonchev–Trinajstić information content (AvgIpc) is 2.96. The van der Waals surface area contributed by atoms with Gasteiger partial charge in [-0.3, -0.25) is 14.5 Å². The number of hydrogen-bond acceptors (Lipinski definition) is 3. The molecule has 150 valence electrons. The molecule has 1 fully saturated rings. The summed E-state index contributed by atoms with van der Waals surface area (Å²) in [7, 11) is 0. The van der Waals surface area contributed by atoms with Crippen LogP contribution in [0, 0.1) is 11.7 Å². The van der Waals surface area contributed by atoms with E-state index >= 15 is 0 Å². The first-order chi connectivity index (χ1) is 14.0. The molecule has 2 aromatic rings. The van der Waals surface area contributed by atoms with Crippen molar-refractivity contribution in [1.29, 1.82) is 0 Å². The van der Waals surface area contributed by atoms with E-state index in [0.29, 0.717) is 33.3 Å². The molecule has 0 radical (unpaired) electrons. The summed E-state index contributed by atoms with van der Waals surface area (Å²) < 4.78 is 14.2. The number of halogens is 2. The molecule has 2 amide bonds. The number of carbonyl (C=O) groups is 2. The Kier molecular flexibility index (Phi) is 5.41. The summed E-state index contributed by atoms with van der Waals surface area (Å²) >= 11 is 6.01. The number of piperidine rings is 1. The quantitative estimate of drug-likeness (QED) is 0.694. The summed E-state index contributed by atoms with van der Waals surface area (Å²) in [4.78, 5) is 29.8. The summed E-state index contributed by atoms with van der Waals surface area (Å²) in [5.74, 6) is -0.596. The highest BCUT2D eigenvalue weighted by atomic mass is 35.5. The molecule has 2 aliphatic rings. The molecular weight excluding hydrogens is 391 g/mol. The predicted octanol–water partition coefficient (Wildman–Crippen LogP) is 4.49. The van der Waals surface area contributed by atoms with E-state index in [1.165, 1.54) is 6.07 Å². The topological polar surface area (TPSA) is 40.6 Å². The van der Waals surface area contributed by atoms with Crippen molar-refractivity contribution < 1.29 is 14.0 Å². The molecule has 6 heteroatoms. The molecule has 1 saturated heterocycles. The van der Waals surface area contributed by atoms with Crippen LogP contribution in [0.4, 0.5) is 4.39 Å². The number of amides is 2. The van der Waals surface area contributed by atoms with Crippen LogP contribution in [0.2, 0.25) is 5.02 Å². The summed E-state index contributed by atoms with van der Waals surface area (Å²) in [6.45, 7) is 3.55. The molecule has 29 heavy (non-hydrogen) atoms. The highest BCUT2D eigenvalue weighted by Gasteiger charge is 2.42. The molecule has 0 aliphatic carbocycles. The Hall–Kier alpha value is -2.66. The van der Waals surface area contributed by atoms with Crippen LogP contribution in [0.25, 0.3) is 5.57 Å². The fourth-order valence-corrected chi connectivity index (χ4v) is 4.03. The first-order valence-electron chi connectivity index (χ1n) is 9.80. The lowest BCUT2D eigenvalue weighted by Crippen LogP contribution is -2.38. The number of likely N-dealkylation sites (tertiary alicyclic amines) is 1. The molecule has 2 aromatic carbocycles. The van der Waals surface area contributed by atoms with Crippen molar-refractivity contribution in [2.24, 2.45) is 5.92 Å². The molecule has 0 saturated carbocycles. The molecule has 0 spiro atoms. The van der Waals surface area contributed by atoms with Gasteiger partial charge in [0.15, 0.2) is 0 Å². The van der Waals surface area contributed by atoms with Gasteiger partial charge in [0, 0.05) is 23.7 Å². The Labute approximate surface area is 174 Å². The van der Waals surface area contributed by atoms with Crippen LogP contribution >= 0.6 is 11.6 Å². The van der Waals surface area contributed by atoms with Crippen LogP contribution in [0.1, 0.15) is 30.9 Å². The van der Waals surface area contributed by atoms with Gasteiger partial charge in [-0.1, -0.05) is 48.9 Å². The van der Waals surface area contributed by atoms with Gasteiger partial charge in [0.25, 0.3) is 11.8 Å². The smallest absolute Gasteiger partial charge is 0.278 e. The van der Waals surface area contributed by atoms with E-state index in [2.05, 4.69) is 6.92 Å².